The van der Waals surface area contributed by atoms with Crippen LogP contribution in [0.5, 0.6) is 0 Å². The van der Waals surface area contributed by atoms with E-state index in [1.807, 2.05) is 0 Å². The molecule has 1 aromatic heterocycles. The first-order chi connectivity index (χ1) is 9.37. The molecule has 0 aliphatic heterocycles. The number of alkyl halides is 3. The molecule has 0 saturated heterocycles. The predicted molar refractivity (Wildman–Crippen MR) is 66.2 cm³/mol. The molecule has 1 amide bonds. The molecule has 1 aromatic carbocycles. The Bertz CT molecular complexity index is 646. The second-order valence-electron chi connectivity index (χ2n) is 3.85. The Labute approximate surface area is 116 Å². The number of carbonyl (C=O) groups is 1. The number of hydroxylamine groups is 1. The van der Waals surface area contributed by atoms with Crippen LogP contribution in [-0.2, 0) is 4.84 Å². The van der Waals surface area contributed by atoms with Crippen molar-refractivity contribution in [3.8, 4) is 0 Å². The quantitative estimate of drug-likeness (QED) is 0.700. The van der Waals surface area contributed by atoms with Crippen LogP contribution in [0.4, 0.5) is 13.2 Å². The molecule has 0 spiro atoms. The Kier molecular flexibility index (Phi) is 4.10. The Hall–Kier alpha value is -1.86. The van der Waals surface area contributed by atoms with Gasteiger partial charge < -0.3 is 0 Å². The van der Waals surface area contributed by atoms with Gasteiger partial charge in [0, 0.05) is 5.39 Å². The average molecular weight is 305 g/mol. The minimum Gasteiger partial charge on any atom is -0.265 e. The number of rotatable bonds is 3. The van der Waals surface area contributed by atoms with Crippen LogP contribution in [0.1, 0.15) is 10.5 Å². The molecule has 0 unspecified atom stereocenters. The average Bonchev–Trinajstić information content (AvgIpc) is 2.37. The SMILES string of the molecule is O=C(NOCC(F)(F)F)c1cc2ccccc2c(Cl)n1. The number of benzene rings is 1. The van der Waals surface area contributed by atoms with Gasteiger partial charge in [0.05, 0.1) is 0 Å². The fourth-order valence-corrected chi connectivity index (χ4v) is 1.77. The number of carbonyl (C=O) groups excluding carboxylic acids is 1. The molecular weight excluding hydrogens is 297 g/mol. The van der Waals surface area contributed by atoms with Crippen LogP contribution in [0.15, 0.2) is 30.3 Å². The van der Waals surface area contributed by atoms with Crippen LogP contribution in [0.2, 0.25) is 5.15 Å². The van der Waals surface area contributed by atoms with Crippen LogP contribution in [0.25, 0.3) is 10.8 Å². The summed E-state index contributed by atoms with van der Waals surface area (Å²) in [7, 11) is 0. The molecule has 1 N–H and O–H groups in total. The summed E-state index contributed by atoms with van der Waals surface area (Å²) in [4.78, 5) is 19.5. The van der Waals surface area contributed by atoms with E-state index >= 15 is 0 Å². The largest absolute Gasteiger partial charge is 0.414 e. The minimum absolute atomic E-state index is 0.0871. The molecule has 2 aromatic rings. The lowest BCUT2D eigenvalue weighted by Crippen LogP contribution is -2.30. The molecule has 0 aliphatic rings. The van der Waals surface area contributed by atoms with E-state index in [0.717, 1.165) is 0 Å². The van der Waals surface area contributed by atoms with Crippen LogP contribution in [0.3, 0.4) is 0 Å². The van der Waals surface area contributed by atoms with E-state index in [0.29, 0.717) is 10.8 Å². The Balaban J connectivity index is 2.14. The molecule has 0 saturated carbocycles. The normalized spacial score (nSPS) is 11.6. The van der Waals surface area contributed by atoms with Crippen LogP contribution < -0.4 is 5.48 Å². The second-order valence-corrected chi connectivity index (χ2v) is 4.21. The van der Waals surface area contributed by atoms with Gasteiger partial charge in [-0.1, -0.05) is 35.9 Å². The third-order valence-corrected chi connectivity index (χ3v) is 2.62. The highest BCUT2D eigenvalue weighted by Crippen LogP contribution is 2.22. The van der Waals surface area contributed by atoms with E-state index in [2.05, 4.69) is 9.82 Å². The highest BCUT2D eigenvalue weighted by Gasteiger charge is 2.28. The highest BCUT2D eigenvalue weighted by atomic mass is 35.5. The number of aromatic nitrogens is 1. The molecule has 0 bridgehead atoms. The smallest absolute Gasteiger partial charge is 0.265 e. The van der Waals surface area contributed by atoms with Crippen molar-refractivity contribution < 1.29 is 22.8 Å². The molecule has 8 heteroatoms. The van der Waals surface area contributed by atoms with Gasteiger partial charge >= 0.3 is 6.18 Å². The molecule has 1 heterocycles. The molecule has 0 atom stereocenters. The van der Waals surface area contributed by atoms with Gasteiger partial charge in [-0.05, 0) is 11.5 Å². The number of nitrogens with zero attached hydrogens (tertiary/aromatic N) is 1. The van der Waals surface area contributed by atoms with Gasteiger partial charge in [-0.3, -0.25) is 9.63 Å². The second kappa shape index (κ2) is 5.64. The summed E-state index contributed by atoms with van der Waals surface area (Å²) in [6, 6.07) is 8.32. The lowest BCUT2D eigenvalue weighted by Gasteiger charge is -2.09. The summed E-state index contributed by atoms with van der Waals surface area (Å²) >= 11 is 5.90. The summed E-state index contributed by atoms with van der Waals surface area (Å²) in [5.41, 5.74) is 1.54. The van der Waals surface area contributed by atoms with E-state index in [4.69, 9.17) is 11.6 Å². The van der Waals surface area contributed by atoms with E-state index in [9.17, 15) is 18.0 Å². The Morgan fingerprint density at radius 1 is 1.35 bits per heavy atom. The molecule has 106 valence electrons. The fraction of sp³-hybridized carbons (Fsp3) is 0.167. The first-order valence-electron chi connectivity index (χ1n) is 5.41. The monoisotopic (exact) mass is 304 g/mol. The number of hydrogen-bond acceptors (Lipinski definition) is 3. The van der Waals surface area contributed by atoms with Crippen molar-refractivity contribution in [1.29, 1.82) is 0 Å². The van der Waals surface area contributed by atoms with Crippen LogP contribution >= 0.6 is 11.6 Å². The first kappa shape index (κ1) is 14.5. The topological polar surface area (TPSA) is 51.2 Å². The van der Waals surface area contributed by atoms with Gasteiger partial charge in [0.2, 0.25) is 0 Å². The third kappa shape index (κ3) is 3.58. The van der Waals surface area contributed by atoms with Gasteiger partial charge in [0.25, 0.3) is 5.91 Å². The zero-order valence-corrected chi connectivity index (χ0v) is 10.6. The fourth-order valence-electron chi connectivity index (χ4n) is 1.51. The van der Waals surface area contributed by atoms with Crippen LogP contribution in [0, 0.1) is 0 Å². The van der Waals surface area contributed by atoms with Gasteiger partial charge in [0.1, 0.15) is 10.8 Å². The maximum Gasteiger partial charge on any atom is 0.414 e. The van der Waals surface area contributed by atoms with Crippen molar-refractivity contribution in [1.82, 2.24) is 10.5 Å². The van der Waals surface area contributed by atoms with Crippen LogP contribution in [-0.4, -0.2) is 23.7 Å². The maximum atomic E-state index is 11.9. The number of fused-ring (bicyclic) bond motifs is 1. The third-order valence-electron chi connectivity index (χ3n) is 2.33. The summed E-state index contributed by atoms with van der Waals surface area (Å²) in [6.45, 7) is -1.58. The molecular formula is C12H8ClF3N2O2. The van der Waals surface area contributed by atoms with E-state index < -0.39 is 18.7 Å². The Morgan fingerprint density at radius 2 is 2.05 bits per heavy atom. The highest BCUT2D eigenvalue weighted by molar-refractivity contribution is 6.34. The van der Waals surface area contributed by atoms with Gasteiger partial charge in [0.15, 0.2) is 6.61 Å². The van der Waals surface area contributed by atoms with Gasteiger partial charge in [-0.2, -0.15) is 13.2 Å². The molecule has 4 nitrogen and oxygen atoms in total. The van der Waals surface area contributed by atoms with E-state index in [1.165, 1.54) is 6.07 Å². The molecule has 0 fully saturated rings. The number of nitrogens with one attached hydrogen (secondary N) is 1. The molecule has 2 rings (SSSR count). The maximum absolute atomic E-state index is 11.9. The van der Waals surface area contributed by atoms with Gasteiger partial charge in [-0.15, -0.1) is 0 Å². The van der Waals surface area contributed by atoms with E-state index in [1.54, 1.807) is 29.7 Å². The zero-order valence-electron chi connectivity index (χ0n) is 9.87. The summed E-state index contributed by atoms with van der Waals surface area (Å²) in [5, 5.41) is 1.37. The van der Waals surface area contributed by atoms with Crippen molar-refractivity contribution >= 4 is 28.3 Å². The Morgan fingerprint density at radius 3 is 2.75 bits per heavy atom. The summed E-state index contributed by atoms with van der Waals surface area (Å²) < 4.78 is 35.6. The standard InChI is InChI=1S/C12H8ClF3N2O2/c13-10-8-4-2-1-3-7(8)5-9(17-10)11(19)18-20-6-12(14,15)16/h1-5H,6H2,(H,18,19). The zero-order chi connectivity index (χ0) is 14.8. The number of amides is 1. The van der Waals surface area contributed by atoms with Crippen molar-refractivity contribution in [2.24, 2.45) is 0 Å². The van der Waals surface area contributed by atoms with Crippen molar-refractivity contribution in [3.05, 3.63) is 41.2 Å². The minimum atomic E-state index is -4.53. The molecule has 20 heavy (non-hydrogen) atoms. The predicted octanol–water partition coefficient (Wildman–Crippen LogP) is 3.11. The first-order valence-corrected chi connectivity index (χ1v) is 5.79. The molecule has 0 radical (unpaired) electrons. The lowest BCUT2D eigenvalue weighted by molar-refractivity contribution is -0.184. The molecule has 0 aliphatic carbocycles. The number of hydrogen-bond donors (Lipinski definition) is 1. The van der Waals surface area contributed by atoms with Crippen molar-refractivity contribution in [2.45, 2.75) is 6.18 Å². The van der Waals surface area contributed by atoms with Gasteiger partial charge in [-0.25, -0.2) is 10.5 Å². The summed E-state index contributed by atoms with van der Waals surface area (Å²) in [5.74, 6) is -0.901. The number of pyridine rings is 1. The van der Waals surface area contributed by atoms with Crippen molar-refractivity contribution in [3.63, 3.8) is 0 Å². The lowest BCUT2D eigenvalue weighted by atomic mass is 10.1. The number of halogens is 4. The van der Waals surface area contributed by atoms with E-state index in [-0.39, 0.29) is 10.8 Å². The van der Waals surface area contributed by atoms with Crippen molar-refractivity contribution in [2.75, 3.05) is 6.61 Å². The summed E-state index contributed by atoms with van der Waals surface area (Å²) in [6.07, 6.45) is -4.53.